The second-order valence-corrected chi connectivity index (χ2v) is 7.89. The van der Waals surface area contributed by atoms with Gasteiger partial charge in [0.25, 0.3) is 5.91 Å². The average molecular weight is 435 g/mol. The van der Waals surface area contributed by atoms with Crippen molar-refractivity contribution >= 4 is 56.2 Å². The quantitative estimate of drug-likeness (QED) is 0.537. The van der Waals surface area contributed by atoms with Gasteiger partial charge in [-0.25, -0.2) is 0 Å². The topological polar surface area (TPSA) is 51.7 Å². The summed E-state index contributed by atoms with van der Waals surface area (Å²) in [5.41, 5.74) is 1.77. The summed E-state index contributed by atoms with van der Waals surface area (Å²) in [5.74, 6) is 1.25. The van der Waals surface area contributed by atoms with Gasteiger partial charge in [-0.15, -0.1) is 0 Å². The van der Waals surface area contributed by atoms with Crippen molar-refractivity contribution in [3.8, 4) is 11.5 Å². The van der Waals surface area contributed by atoms with Crippen LogP contribution in [0, 0.1) is 0 Å². The van der Waals surface area contributed by atoms with Gasteiger partial charge in [0, 0.05) is 16.9 Å². The number of thiocarbonyl (C=S) groups is 1. The molecule has 1 amide bonds. The summed E-state index contributed by atoms with van der Waals surface area (Å²) in [6, 6.07) is 7.45. The summed E-state index contributed by atoms with van der Waals surface area (Å²) in [4.78, 5) is 19.0. The number of nitrogens with zero attached hydrogens (tertiary/aromatic N) is 2. The first kappa shape index (κ1) is 16.6. The minimum absolute atomic E-state index is 0.108. The molecule has 3 heterocycles. The summed E-state index contributed by atoms with van der Waals surface area (Å²) in [6.45, 7) is 0.622. The number of hydrogen-bond acceptors (Lipinski definition) is 6. The minimum Gasteiger partial charge on any atom is -0.454 e. The van der Waals surface area contributed by atoms with Gasteiger partial charge in [-0.05, 0) is 35.4 Å². The van der Waals surface area contributed by atoms with Crippen LogP contribution in [0.4, 0.5) is 0 Å². The van der Waals surface area contributed by atoms with Gasteiger partial charge >= 0.3 is 0 Å². The average Bonchev–Trinajstić information content (AvgIpc) is 3.16. The number of fused-ring (bicyclic) bond motifs is 1. The van der Waals surface area contributed by atoms with Crippen LogP contribution in [0.3, 0.4) is 0 Å². The summed E-state index contributed by atoms with van der Waals surface area (Å²) >= 11 is 10.2. The van der Waals surface area contributed by atoms with Gasteiger partial charge in [-0.2, -0.15) is 0 Å². The number of rotatable bonds is 3. The zero-order chi connectivity index (χ0) is 17.4. The van der Waals surface area contributed by atoms with Gasteiger partial charge in [0.05, 0.1) is 11.4 Å². The number of carbonyl (C=O) groups excluding carboxylic acids is 1. The van der Waals surface area contributed by atoms with Crippen molar-refractivity contribution in [1.82, 2.24) is 9.88 Å². The number of amides is 1. The lowest BCUT2D eigenvalue weighted by Crippen LogP contribution is -2.27. The van der Waals surface area contributed by atoms with Crippen molar-refractivity contribution < 1.29 is 14.3 Å². The highest BCUT2D eigenvalue weighted by Gasteiger charge is 2.32. The first-order chi connectivity index (χ1) is 12.1. The molecule has 1 aromatic carbocycles. The molecule has 0 aliphatic carbocycles. The molecule has 0 radical (unpaired) electrons. The SMILES string of the molecule is O=C1C(=Cc2cc3c(cc2Br)OCO3)SC(=S)N1Cc1cccnc1. The van der Waals surface area contributed by atoms with E-state index in [0.717, 1.165) is 15.6 Å². The predicted molar refractivity (Wildman–Crippen MR) is 103 cm³/mol. The van der Waals surface area contributed by atoms with E-state index in [0.29, 0.717) is 27.3 Å². The molecule has 2 aliphatic heterocycles. The molecule has 0 bridgehead atoms. The Morgan fingerprint density at radius 2 is 2.16 bits per heavy atom. The molecule has 4 rings (SSSR count). The van der Waals surface area contributed by atoms with E-state index in [1.807, 2.05) is 30.3 Å². The number of carbonyl (C=O) groups is 1. The molecular formula is C17H11BrN2O3S2. The monoisotopic (exact) mass is 434 g/mol. The van der Waals surface area contributed by atoms with Crippen LogP contribution >= 0.6 is 39.9 Å². The molecule has 0 N–H and O–H groups in total. The molecule has 1 saturated heterocycles. The Morgan fingerprint density at radius 3 is 2.92 bits per heavy atom. The van der Waals surface area contributed by atoms with E-state index in [2.05, 4.69) is 20.9 Å². The minimum atomic E-state index is -0.108. The fourth-order valence-corrected chi connectivity index (χ4v) is 4.18. The molecule has 0 atom stereocenters. The second-order valence-electron chi connectivity index (χ2n) is 5.36. The molecular weight excluding hydrogens is 424 g/mol. The predicted octanol–water partition coefficient (Wildman–Crippen LogP) is 3.97. The molecule has 0 unspecified atom stereocenters. The normalized spacial score (nSPS) is 17.6. The molecule has 5 nitrogen and oxygen atoms in total. The largest absolute Gasteiger partial charge is 0.454 e. The molecule has 0 spiro atoms. The van der Waals surface area contributed by atoms with Gasteiger partial charge in [0.1, 0.15) is 4.32 Å². The van der Waals surface area contributed by atoms with Crippen LogP contribution in [0.25, 0.3) is 6.08 Å². The molecule has 1 fully saturated rings. The molecule has 126 valence electrons. The Labute approximate surface area is 162 Å². The lowest BCUT2D eigenvalue weighted by molar-refractivity contribution is -0.122. The van der Waals surface area contributed by atoms with Gasteiger partial charge < -0.3 is 9.47 Å². The summed E-state index contributed by atoms with van der Waals surface area (Å²) in [5, 5.41) is 0. The van der Waals surface area contributed by atoms with Gasteiger partial charge in [-0.3, -0.25) is 14.7 Å². The molecule has 0 saturated carbocycles. The highest BCUT2D eigenvalue weighted by molar-refractivity contribution is 9.10. The third-order valence-corrected chi connectivity index (χ3v) is 5.78. The first-order valence-corrected chi connectivity index (χ1v) is 9.37. The Kier molecular flexibility index (Phi) is 4.49. The lowest BCUT2D eigenvalue weighted by atomic mass is 10.2. The number of benzene rings is 1. The van der Waals surface area contributed by atoms with Crippen LogP contribution in [0.1, 0.15) is 11.1 Å². The summed E-state index contributed by atoms with van der Waals surface area (Å²) in [7, 11) is 0. The Balaban J connectivity index is 1.60. The van der Waals surface area contributed by atoms with Gasteiger partial charge in [0.2, 0.25) is 6.79 Å². The van der Waals surface area contributed by atoms with E-state index in [9.17, 15) is 4.79 Å². The zero-order valence-corrected chi connectivity index (χ0v) is 16.0. The van der Waals surface area contributed by atoms with Crippen LogP contribution in [-0.4, -0.2) is 26.9 Å². The fraction of sp³-hybridized carbons (Fsp3) is 0.118. The maximum atomic E-state index is 12.7. The van der Waals surface area contributed by atoms with Crippen LogP contribution in [0.5, 0.6) is 11.5 Å². The maximum absolute atomic E-state index is 12.7. The van der Waals surface area contributed by atoms with E-state index >= 15 is 0 Å². The summed E-state index contributed by atoms with van der Waals surface area (Å²) in [6.07, 6.45) is 5.25. The highest BCUT2D eigenvalue weighted by Crippen LogP contribution is 2.40. The Morgan fingerprint density at radius 1 is 1.36 bits per heavy atom. The van der Waals surface area contributed by atoms with Crippen molar-refractivity contribution in [3.63, 3.8) is 0 Å². The lowest BCUT2D eigenvalue weighted by Gasteiger charge is -2.13. The third-order valence-electron chi connectivity index (χ3n) is 3.72. The van der Waals surface area contributed by atoms with Crippen LogP contribution < -0.4 is 9.47 Å². The number of aromatic nitrogens is 1. The zero-order valence-electron chi connectivity index (χ0n) is 12.8. The molecule has 25 heavy (non-hydrogen) atoms. The van der Waals surface area contributed by atoms with Crippen LogP contribution in [0.2, 0.25) is 0 Å². The standard InChI is InChI=1S/C17H11BrN2O3S2/c18-12-6-14-13(22-9-23-14)4-11(12)5-15-16(21)20(17(24)25-15)8-10-2-1-3-19-7-10/h1-7H,8-9H2. The smallest absolute Gasteiger partial charge is 0.266 e. The van der Waals surface area contributed by atoms with Crippen molar-refractivity contribution in [1.29, 1.82) is 0 Å². The number of thioether (sulfide) groups is 1. The Hall–Kier alpha value is -1.90. The van der Waals surface area contributed by atoms with Crippen molar-refractivity contribution in [2.24, 2.45) is 0 Å². The van der Waals surface area contributed by atoms with E-state index in [4.69, 9.17) is 21.7 Å². The molecule has 2 aromatic rings. The number of ether oxygens (including phenoxy) is 2. The first-order valence-electron chi connectivity index (χ1n) is 7.35. The summed E-state index contributed by atoms with van der Waals surface area (Å²) < 4.78 is 12.1. The van der Waals surface area contributed by atoms with E-state index in [1.165, 1.54) is 11.8 Å². The third kappa shape index (κ3) is 3.29. The fourth-order valence-electron chi connectivity index (χ4n) is 2.50. The number of pyridine rings is 1. The Bertz CT molecular complexity index is 902. The van der Waals surface area contributed by atoms with Crippen molar-refractivity contribution in [2.75, 3.05) is 6.79 Å². The van der Waals surface area contributed by atoms with E-state index in [-0.39, 0.29) is 12.7 Å². The second kappa shape index (κ2) is 6.78. The van der Waals surface area contributed by atoms with Crippen molar-refractivity contribution in [2.45, 2.75) is 6.54 Å². The van der Waals surface area contributed by atoms with E-state index in [1.54, 1.807) is 17.3 Å². The molecule has 1 aromatic heterocycles. The molecule has 8 heteroatoms. The van der Waals surface area contributed by atoms with E-state index < -0.39 is 0 Å². The maximum Gasteiger partial charge on any atom is 0.266 e. The number of halogens is 1. The molecule has 2 aliphatic rings. The van der Waals surface area contributed by atoms with Crippen molar-refractivity contribution in [3.05, 3.63) is 57.2 Å². The van der Waals surface area contributed by atoms with Crippen LogP contribution in [-0.2, 0) is 11.3 Å². The van der Waals surface area contributed by atoms with Crippen LogP contribution in [0.15, 0.2) is 46.0 Å². The highest BCUT2D eigenvalue weighted by atomic mass is 79.9. The van der Waals surface area contributed by atoms with Gasteiger partial charge in [0.15, 0.2) is 11.5 Å². The van der Waals surface area contributed by atoms with Gasteiger partial charge in [-0.1, -0.05) is 46.0 Å². The number of hydrogen-bond donors (Lipinski definition) is 0.